The first-order valence-corrected chi connectivity index (χ1v) is 6.22. The average molecular weight is 252 g/mol. The third-order valence-electron chi connectivity index (χ3n) is 4.50. The SMILES string of the molecule is C=C(C)C(=O)OC1C(O)C2CC1C1COC(=O)C21. The van der Waals surface area contributed by atoms with E-state index in [-0.39, 0.29) is 29.6 Å². The van der Waals surface area contributed by atoms with E-state index in [9.17, 15) is 14.7 Å². The van der Waals surface area contributed by atoms with Gasteiger partial charge in [-0.3, -0.25) is 4.79 Å². The van der Waals surface area contributed by atoms with Crippen LogP contribution in [0, 0.1) is 23.7 Å². The van der Waals surface area contributed by atoms with Gasteiger partial charge in [0.1, 0.15) is 6.10 Å². The summed E-state index contributed by atoms with van der Waals surface area (Å²) in [6.45, 7) is 5.49. The highest BCUT2D eigenvalue weighted by molar-refractivity contribution is 5.87. The summed E-state index contributed by atoms with van der Waals surface area (Å²) in [5.74, 6) is -0.897. The van der Waals surface area contributed by atoms with Gasteiger partial charge in [0, 0.05) is 23.3 Å². The Morgan fingerprint density at radius 3 is 2.83 bits per heavy atom. The van der Waals surface area contributed by atoms with Crippen LogP contribution in [0.2, 0.25) is 0 Å². The minimum atomic E-state index is -0.759. The van der Waals surface area contributed by atoms with Crippen molar-refractivity contribution < 1.29 is 24.2 Å². The second-order valence-electron chi connectivity index (χ2n) is 5.52. The van der Waals surface area contributed by atoms with Crippen LogP contribution in [0.5, 0.6) is 0 Å². The number of hydrogen-bond acceptors (Lipinski definition) is 5. The number of carbonyl (C=O) groups excluding carboxylic acids is 2. The highest BCUT2D eigenvalue weighted by atomic mass is 16.6. The van der Waals surface area contributed by atoms with Crippen molar-refractivity contribution in [1.82, 2.24) is 0 Å². The Hall–Kier alpha value is -1.36. The average Bonchev–Trinajstić information content (AvgIpc) is 2.94. The summed E-state index contributed by atoms with van der Waals surface area (Å²) in [4.78, 5) is 23.1. The van der Waals surface area contributed by atoms with Crippen LogP contribution >= 0.6 is 0 Å². The first-order valence-electron chi connectivity index (χ1n) is 6.22. The molecule has 1 N–H and O–H groups in total. The minimum Gasteiger partial charge on any atom is -0.465 e. The van der Waals surface area contributed by atoms with Gasteiger partial charge in [0.15, 0.2) is 0 Å². The topological polar surface area (TPSA) is 72.8 Å². The van der Waals surface area contributed by atoms with Crippen molar-refractivity contribution in [2.75, 3.05) is 6.61 Å². The van der Waals surface area contributed by atoms with Crippen molar-refractivity contribution in [3.63, 3.8) is 0 Å². The lowest BCUT2D eigenvalue weighted by atomic mass is 9.78. The van der Waals surface area contributed by atoms with Gasteiger partial charge in [-0.25, -0.2) is 4.79 Å². The molecule has 0 aromatic rings. The van der Waals surface area contributed by atoms with Gasteiger partial charge in [-0.1, -0.05) is 6.58 Å². The molecule has 0 radical (unpaired) electrons. The Morgan fingerprint density at radius 2 is 2.17 bits per heavy atom. The molecular weight excluding hydrogens is 236 g/mol. The van der Waals surface area contributed by atoms with E-state index in [2.05, 4.69) is 6.58 Å². The van der Waals surface area contributed by atoms with Crippen molar-refractivity contribution in [1.29, 1.82) is 0 Å². The summed E-state index contributed by atoms with van der Waals surface area (Å²) in [7, 11) is 0. The van der Waals surface area contributed by atoms with Gasteiger partial charge in [-0.05, 0) is 13.3 Å². The molecule has 3 aliphatic rings. The Balaban J connectivity index is 1.78. The predicted octanol–water partition coefficient (Wildman–Crippen LogP) is 0.274. The molecule has 0 aromatic heterocycles. The monoisotopic (exact) mass is 252 g/mol. The van der Waals surface area contributed by atoms with Gasteiger partial charge in [0.2, 0.25) is 0 Å². The van der Waals surface area contributed by atoms with Crippen LogP contribution in [0.15, 0.2) is 12.2 Å². The van der Waals surface area contributed by atoms with E-state index in [1.807, 2.05) is 0 Å². The second-order valence-corrected chi connectivity index (χ2v) is 5.52. The summed E-state index contributed by atoms with van der Waals surface area (Å²) >= 11 is 0. The molecule has 0 aromatic carbocycles. The molecule has 2 aliphatic carbocycles. The van der Waals surface area contributed by atoms with E-state index < -0.39 is 18.2 Å². The first-order chi connectivity index (χ1) is 8.50. The predicted molar refractivity (Wildman–Crippen MR) is 60.2 cm³/mol. The highest BCUT2D eigenvalue weighted by Crippen LogP contribution is 2.56. The number of rotatable bonds is 2. The lowest BCUT2D eigenvalue weighted by Gasteiger charge is -2.32. The van der Waals surface area contributed by atoms with Crippen molar-refractivity contribution in [2.24, 2.45) is 23.7 Å². The van der Waals surface area contributed by atoms with Crippen molar-refractivity contribution >= 4 is 11.9 Å². The van der Waals surface area contributed by atoms with E-state index >= 15 is 0 Å². The number of carbonyl (C=O) groups is 2. The zero-order valence-electron chi connectivity index (χ0n) is 10.2. The number of esters is 2. The molecule has 5 nitrogen and oxygen atoms in total. The number of fused-ring (bicyclic) bond motifs is 5. The fourth-order valence-electron chi connectivity index (χ4n) is 3.68. The van der Waals surface area contributed by atoms with Gasteiger partial charge in [-0.2, -0.15) is 0 Å². The lowest BCUT2D eigenvalue weighted by molar-refractivity contribution is -0.158. The molecule has 1 aliphatic heterocycles. The molecule has 0 amide bonds. The summed E-state index contributed by atoms with van der Waals surface area (Å²) in [5, 5.41) is 10.2. The number of aliphatic hydroxyl groups excluding tert-OH is 1. The zero-order chi connectivity index (χ0) is 13.0. The van der Waals surface area contributed by atoms with Gasteiger partial charge in [-0.15, -0.1) is 0 Å². The summed E-state index contributed by atoms with van der Waals surface area (Å²) in [6, 6.07) is 0. The normalized spacial score (nSPS) is 44.7. The van der Waals surface area contributed by atoms with Crippen LogP contribution in [-0.4, -0.2) is 35.9 Å². The molecule has 6 atom stereocenters. The van der Waals surface area contributed by atoms with E-state index in [4.69, 9.17) is 9.47 Å². The third-order valence-corrected chi connectivity index (χ3v) is 4.50. The maximum absolute atomic E-state index is 11.6. The number of ether oxygens (including phenoxy) is 2. The molecule has 18 heavy (non-hydrogen) atoms. The van der Waals surface area contributed by atoms with Crippen molar-refractivity contribution in [2.45, 2.75) is 25.6 Å². The fourth-order valence-corrected chi connectivity index (χ4v) is 3.68. The molecule has 1 saturated heterocycles. The Bertz CT molecular complexity index is 429. The highest BCUT2D eigenvalue weighted by Gasteiger charge is 2.64. The first kappa shape index (κ1) is 11.7. The Kier molecular flexibility index (Phi) is 2.48. The molecule has 2 saturated carbocycles. The molecular formula is C13H16O5. The van der Waals surface area contributed by atoms with E-state index in [1.165, 1.54) is 0 Å². The smallest absolute Gasteiger partial charge is 0.333 e. The summed E-state index contributed by atoms with van der Waals surface area (Å²) in [6.07, 6.45) is -0.542. The van der Waals surface area contributed by atoms with Crippen LogP contribution in [0.1, 0.15) is 13.3 Å². The molecule has 3 fully saturated rings. The maximum Gasteiger partial charge on any atom is 0.333 e. The van der Waals surface area contributed by atoms with Gasteiger partial charge >= 0.3 is 11.9 Å². The van der Waals surface area contributed by atoms with Crippen LogP contribution in [0.3, 0.4) is 0 Å². The molecule has 0 spiro atoms. The molecule has 1 heterocycles. The molecule has 3 rings (SSSR count). The van der Waals surface area contributed by atoms with Crippen molar-refractivity contribution in [3.05, 3.63) is 12.2 Å². The van der Waals surface area contributed by atoms with Gasteiger partial charge in [0.05, 0.1) is 18.6 Å². The van der Waals surface area contributed by atoms with Crippen LogP contribution in [0.25, 0.3) is 0 Å². The maximum atomic E-state index is 11.6. The number of aliphatic hydroxyl groups is 1. The van der Waals surface area contributed by atoms with Crippen molar-refractivity contribution in [3.8, 4) is 0 Å². The zero-order valence-corrected chi connectivity index (χ0v) is 10.2. The van der Waals surface area contributed by atoms with Gasteiger partial charge in [0.25, 0.3) is 0 Å². The Labute approximate surface area is 105 Å². The van der Waals surface area contributed by atoms with Crippen LogP contribution in [-0.2, 0) is 19.1 Å². The largest absolute Gasteiger partial charge is 0.465 e. The Morgan fingerprint density at radius 1 is 1.44 bits per heavy atom. The third kappa shape index (κ3) is 1.43. The van der Waals surface area contributed by atoms with Crippen LogP contribution < -0.4 is 0 Å². The molecule has 5 heteroatoms. The van der Waals surface area contributed by atoms with E-state index in [1.54, 1.807) is 6.92 Å². The molecule has 6 unspecified atom stereocenters. The molecule has 98 valence electrons. The lowest BCUT2D eigenvalue weighted by Crippen LogP contribution is -2.44. The second kappa shape index (κ2) is 3.82. The van der Waals surface area contributed by atoms with Crippen LogP contribution in [0.4, 0.5) is 0 Å². The van der Waals surface area contributed by atoms with E-state index in [0.717, 1.165) is 6.42 Å². The number of cyclic esters (lactones) is 1. The summed E-state index contributed by atoms with van der Waals surface area (Å²) in [5.41, 5.74) is 0.320. The quantitative estimate of drug-likeness (QED) is 0.564. The fraction of sp³-hybridized carbons (Fsp3) is 0.692. The minimum absolute atomic E-state index is 0.0322. The number of hydrogen-bond donors (Lipinski definition) is 1. The summed E-state index contributed by atoms with van der Waals surface area (Å²) < 4.78 is 10.3. The molecule has 2 bridgehead atoms. The van der Waals surface area contributed by atoms with E-state index in [0.29, 0.717) is 12.2 Å². The standard InChI is InChI=1S/C13H16O5/c1-5(2)12(15)18-11-6-3-7(10(11)14)9-8(6)4-17-13(9)16/h6-11,14H,1,3-4H2,2H3. The van der Waals surface area contributed by atoms with Gasteiger partial charge < -0.3 is 14.6 Å².